The maximum Gasteiger partial charge on any atom is 0.255 e. The third kappa shape index (κ3) is 3.17. The van der Waals surface area contributed by atoms with Gasteiger partial charge in [-0.1, -0.05) is 22.0 Å². The molecule has 1 aromatic rings. The van der Waals surface area contributed by atoms with E-state index in [9.17, 15) is 18.6 Å². The Balaban J connectivity index is 1.86. The zero-order valence-corrected chi connectivity index (χ0v) is 15.3. The second-order valence-electron chi connectivity index (χ2n) is 5.77. The Bertz CT molecular complexity index is 737. The molecule has 0 aromatic heterocycles. The Morgan fingerprint density at radius 3 is 2.79 bits per heavy atom. The highest BCUT2D eigenvalue weighted by Crippen LogP contribution is 2.31. The van der Waals surface area contributed by atoms with Gasteiger partial charge >= 0.3 is 0 Å². The lowest BCUT2D eigenvalue weighted by Gasteiger charge is -2.29. The summed E-state index contributed by atoms with van der Waals surface area (Å²) in [6.07, 6.45) is 1.33. The van der Waals surface area contributed by atoms with Gasteiger partial charge in [-0.2, -0.15) is 0 Å². The van der Waals surface area contributed by atoms with Gasteiger partial charge in [0.1, 0.15) is 6.04 Å². The highest BCUT2D eigenvalue weighted by atomic mass is 79.9. The van der Waals surface area contributed by atoms with E-state index in [1.165, 1.54) is 4.90 Å². The maximum absolute atomic E-state index is 12.7. The molecular formula is C16H17BrN2O4S. The molecule has 0 aliphatic carbocycles. The van der Waals surface area contributed by atoms with Crippen LogP contribution in [0.25, 0.3) is 0 Å². The number of hydrogen-bond acceptors (Lipinski definition) is 4. The van der Waals surface area contributed by atoms with Crippen molar-refractivity contribution in [3.05, 3.63) is 29.3 Å². The first kappa shape index (κ1) is 17.3. The van der Waals surface area contributed by atoms with Gasteiger partial charge in [0, 0.05) is 40.1 Å². The van der Waals surface area contributed by atoms with Crippen LogP contribution in [0.3, 0.4) is 0 Å². The summed E-state index contributed by atoms with van der Waals surface area (Å²) in [7, 11) is -1.18. The van der Waals surface area contributed by atoms with Crippen LogP contribution in [0.1, 0.15) is 35.2 Å². The lowest BCUT2D eigenvalue weighted by molar-refractivity contribution is -0.136. The number of amides is 3. The standard InChI is InChI=1S/C16H17BrN2O4S/c17-7-2-8-24(23)13-4-1-3-10-11(13)9-19(16(10)22)12-5-6-14(20)18-15(12)21/h1,3-4,12H,2,5-9H2,(H,18,20,21). The van der Waals surface area contributed by atoms with Crippen LogP contribution >= 0.6 is 15.9 Å². The lowest BCUT2D eigenvalue weighted by Crippen LogP contribution is -2.52. The van der Waals surface area contributed by atoms with Crippen LogP contribution in [0, 0.1) is 0 Å². The fourth-order valence-corrected chi connectivity index (χ4v) is 5.02. The number of halogens is 1. The molecule has 1 saturated heterocycles. The van der Waals surface area contributed by atoms with E-state index in [2.05, 4.69) is 21.2 Å². The van der Waals surface area contributed by atoms with Crippen molar-refractivity contribution in [2.45, 2.75) is 36.7 Å². The number of fused-ring (bicyclic) bond motifs is 1. The molecule has 3 amide bonds. The summed E-state index contributed by atoms with van der Waals surface area (Å²) >= 11 is 3.33. The van der Waals surface area contributed by atoms with Gasteiger partial charge in [-0.05, 0) is 25.0 Å². The van der Waals surface area contributed by atoms with E-state index >= 15 is 0 Å². The van der Waals surface area contributed by atoms with Crippen LogP contribution < -0.4 is 5.32 Å². The highest BCUT2D eigenvalue weighted by molar-refractivity contribution is 9.09. The molecule has 0 radical (unpaired) electrons. The Kier molecular flexibility index (Phi) is 5.15. The molecule has 1 N–H and O–H groups in total. The minimum absolute atomic E-state index is 0.223. The topological polar surface area (TPSA) is 83.6 Å². The molecule has 0 spiro atoms. The van der Waals surface area contributed by atoms with Crippen molar-refractivity contribution in [3.63, 3.8) is 0 Å². The second-order valence-corrected chi connectivity index (χ2v) is 8.11. The Morgan fingerprint density at radius 2 is 2.08 bits per heavy atom. The fourth-order valence-electron chi connectivity index (χ4n) is 3.07. The molecule has 2 heterocycles. The zero-order chi connectivity index (χ0) is 17.3. The molecule has 0 saturated carbocycles. The molecule has 2 aliphatic heterocycles. The minimum Gasteiger partial charge on any atom is -0.322 e. The minimum atomic E-state index is -1.18. The highest BCUT2D eigenvalue weighted by Gasteiger charge is 2.40. The first-order valence-corrected chi connectivity index (χ1v) is 10.2. The van der Waals surface area contributed by atoms with Crippen molar-refractivity contribution < 1.29 is 18.6 Å². The Labute approximate surface area is 150 Å². The van der Waals surface area contributed by atoms with Crippen LogP contribution in [-0.4, -0.2) is 44.0 Å². The van der Waals surface area contributed by atoms with Gasteiger partial charge in [-0.25, -0.2) is 0 Å². The van der Waals surface area contributed by atoms with E-state index in [4.69, 9.17) is 0 Å². The van der Waals surface area contributed by atoms with Gasteiger partial charge in [-0.15, -0.1) is 0 Å². The van der Waals surface area contributed by atoms with Crippen LogP contribution in [0.2, 0.25) is 0 Å². The quantitative estimate of drug-likeness (QED) is 0.584. The van der Waals surface area contributed by atoms with Crippen LogP contribution in [0.4, 0.5) is 0 Å². The maximum atomic E-state index is 12.7. The van der Waals surface area contributed by atoms with Gasteiger partial charge in [-0.3, -0.25) is 23.9 Å². The molecule has 128 valence electrons. The van der Waals surface area contributed by atoms with Gasteiger partial charge < -0.3 is 4.90 Å². The molecule has 24 heavy (non-hydrogen) atoms. The molecule has 1 fully saturated rings. The van der Waals surface area contributed by atoms with E-state index in [1.807, 2.05) is 0 Å². The number of piperidine rings is 1. The number of benzene rings is 1. The lowest BCUT2D eigenvalue weighted by atomic mass is 10.0. The van der Waals surface area contributed by atoms with Crippen molar-refractivity contribution in [1.29, 1.82) is 0 Å². The number of nitrogens with zero attached hydrogens (tertiary/aromatic N) is 1. The third-order valence-electron chi connectivity index (χ3n) is 4.25. The Hall–Kier alpha value is -1.54. The van der Waals surface area contributed by atoms with Crippen molar-refractivity contribution >= 4 is 44.5 Å². The van der Waals surface area contributed by atoms with Crippen molar-refractivity contribution in [3.8, 4) is 0 Å². The second kappa shape index (κ2) is 7.14. The summed E-state index contributed by atoms with van der Waals surface area (Å²) in [4.78, 5) is 38.2. The summed E-state index contributed by atoms with van der Waals surface area (Å²) in [5.74, 6) is -0.459. The molecule has 0 bridgehead atoms. The number of alkyl halides is 1. The normalized spacial score (nSPS) is 21.6. The molecule has 2 atom stereocenters. The summed E-state index contributed by atoms with van der Waals surface area (Å²) < 4.78 is 12.5. The summed E-state index contributed by atoms with van der Waals surface area (Å²) in [6.45, 7) is 0.261. The summed E-state index contributed by atoms with van der Waals surface area (Å²) in [6, 6.07) is 4.57. The smallest absolute Gasteiger partial charge is 0.255 e. The Morgan fingerprint density at radius 1 is 1.29 bits per heavy atom. The largest absolute Gasteiger partial charge is 0.322 e. The van der Waals surface area contributed by atoms with Gasteiger partial charge in [0.2, 0.25) is 11.8 Å². The van der Waals surface area contributed by atoms with E-state index in [0.29, 0.717) is 22.6 Å². The van der Waals surface area contributed by atoms with Crippen LogP contribution in [0.15, 0.2) is 23.1 Å². The summed E-state index contributed by atoms with van der Waals surface area (Å²) in [5.41, 5.74) is 1.24. The van der Waals surface area contributed by atoms with E-state index in [1.54, 1.807) is 18.2 Å². The molecule has 3 rings (SSSR count). The first-order valence-electron chi connectivity index (χ1n) is 7.74. The SMILES string of the molecule is O=C1CCC(N2Cc3c(cccc3S(=O)CCCBr)C2=O)C(=O)N1. The molecule has 2 aliphatic rings. The van der Waals surface area contributed by atoms with E-state index in [0.717, 1.165) is 17.3 Å². The van der Waals surface area contributed by atoms with Gasteiger partial charge in [0.05, 0.1) is 10.8 Å². The number of rotatable bonds is 5. The number of imide groups is 1. The molecule has 1 aromatic carbocycles. The average molecular weight is 413 g/mol. The van der Waals surface area contributed by atoms with Crippen molar-refractivity contribution in [2.75, 3.05) is 11.1 Å². The van der Waals surface area contributed by atoms with E-state index < -0.39 is 22.7 Å². The van der Waals surface area contributed by atoms with Crippen molar-refractivity contribution in [1.82, 2.24) is 10.2 Å². The van der Waals surface area contributed by atoms with Crippen molar-refractivity contribution in [2.24, 2.45) is 0 Å². The number of carbonyl (C=O) groups is 3. The van der Waals surface area contributed by atoms with E-state index in [-0.39, 0.29) is 24.8 Å². The monoisotopic (exact) mass is 412 g/mol. The zero-order valence-electron chi connectivity index (χ0n) is 12.9. The number of carbonyl (C=O) groups excluding carboxylic acids is 3. The van der Waals surface area contributed by atoms with Gasteiger partial charge in [0.15, 0.2) is 0 Å². The first-order chi connectivity index (χ1) is 11.5. The fraction of sp³-hybridized carbons (Fsp3) is 0.438. The summed E-state index contributed by atoms with van der Waals surface area (Å²) in [5, 5.41) is 3.05. The third-order valence-corrected chi connectivity index (χ3v) is 6.34. The molecular weight excluding hydrogens is 396 g/mol. The van der Waals surface area contributed by atoms with Crippen LogP contribution in [0.5, 0.6) is 0 Å². The molecule has 2 unspecified atom stereocenters. The molecule has 8 heteroatoms. The molecule has 6 nitrogen and oxygen atoms in total. The number of nitrogens with one attached hydrogen (secondary N) is 1. The predicted molar refractivity (Wildman–Crippen MR) is 92.2 cm³/mol. The van der Waals surface area contributed by atoms with Gasteiger partial charge in [0.25, 0.3) is 5.91 Å². The number of hydrogen-bond donors (Lipinski definition) is 1. The average Bonchev–Trinajstić information content (AvgIpc) is 2.89. The van der Waals surface area contributed by atoms with Crippen LogP contribution in [-0.2, 0) is 26.9 Å². The predicted octanol–water partition coefficient (Wildman–Crippen LogP) is 1.34.